The number of guanidine groups is 2. The SMILES string of the molecule is COc1cccc(N2C(N3CCOCC3)=NC(N)=NC2Nc2cc(C)cc(C)c2)c1. The number of methoxy groups -OCH3 is 1. The standard InChI is InChI=1S/C22H28N6O2/c1-15-11-16(2)13-17(12-15)24-21-25-20(23)26-22(27-7-9-30-10-8-27)28(21)18-5-4-6-19(14-18)29-3/h4-6,11-14,21,24H,7-10H2,1-3H3,(H2,23,25). The fraction of sp³-hybridized carbons (Fsp3) is 0.364. The highest BCUT2D eigenvalue weighted by molar-refractivity contribution is 6.06. The lowest BCUT2D eigenvalue weighted by molar-refractivity contribution is 0.0671. The van der Waals surface area contributed by atoms with E-state index in [1.807, 2.05) is 24.3 Å². The highest BCUT2D eigenvalue weighted by atomic mass is 16.5. The Balaban J connectivity index is 1.74. The number of aryl methyl sites for hydroxylation is 2. The van der Waals surface area contributed by atoms with Gasteiger partial charge >= 0.3 is 0 Å². The molecule has 0 aliphatic carbocycles. The summed E-state index contributed by atoms with van der Waals surface area (Å²) in [5, 5.41) is 3.53. The van der Waals surface area contributed by atoms with E-state index in [1.54, 1.807) is 7.11 Å². The minimum Gasteiger partial charge on any atom is -0.497 e. The average Bonchev–Trinajstić information content (AvgIpc) is 2.73. The first-order valence-electron chi connectivity index (χ1n) is 10.1. The van der Waals surface area contributed by atoms with Crippen LogP contribution in [0.2, 0.25) is 0 Å². The fourth-order valence-electron chi connectivity index (χ4n) is 3.78. The van der Waals surface area contributed by atoms with E-state index < -0.39 is 6.29 Å². The zero-order valence-electron chi connectivity index (χ0n) is 17.6. The van der Waals surface area contributed by atoms with E-state index in [4.69, 9.17) is 15.2 Å². The number of ether oxygens (including phenoxy) is 2. The average molecular weight is 409 g/mol. The van der Waals surface area contributed by atoms with Crippen LogP contribution in [-0.4, -0.2) is 56.5 Å². The molecular formula is C22H28N6O2. The third-order valence-electron chi connectivity index (χ3n) is 5.07. The van der Waals surface area contributed by atoms with Gasteiger partial charge in [0.05, 0.1) is 26.0 Å². The molecule has 0 aromatic heterocycles. The van der Waals surface area contributed by atoms with Crippen LogP contribution in [0.4, 0.5) is 11.4 Å². The molecule has 1 atom stereocenters. The van der Waals surface area contributed by atoms with Gasteiger partial charge in [-0.05, 0) is 49.2 Å². The summed E-state index contributed by atoms with van der Waals surface area (Å²) in [7, 11) is 1.66. The van der Waals surface area contributed by atoms with E-state index in [9.17, 15) is 0 Å². The molecule has 0 radical (unpaired) electrons. The van der Waals surface area contributed by atoms with Crippen molar-refractivity contribution in [3.63, 3.8) is 0 Å². The van der Waals surface area contributed by atoms with Crippen molar-refractivity contribution >= 4 is 23.3 Å². The molecule has 2 aromatic rings. The molecule has 30 heavy (non-hydrogen) atoms. The number of benzene rings is 2. The van der Waals surface area contributed by atoms with E-state index in [0.717, 1.165) is 36.2 Å². The molecule has 1 unspecified atom stereocenters. The van der Waals surface area contributed by atoms with Gasteiger partial charge in [-0.15, -0.1) is 0 Å². The molecule has 1 fully saturated rings. The molecule has 4 rings (SSSR count). The smallest absolute Gasteiger partial charge is 0.222 e. The number of hydrogen-bond donors (Lipinski definition) is 2. The van der Waals surface area contributed by atoms with Crippen LogP contribution < -0.4 is 20.7 Å². The van der Waals surface area contributed by atoms with Crippen molar-refractivity contribution < 1.29 is 9.47 Å². The predicted octanol–water partition coefficient (Wildman–Crippen LogP) is 2.53. The maximum atomic E-state index is 6.15. The predicted molar refractivity (Wildman–Crippen MR) is 120 cm³/mol. The van der Waals surface area contributed by atoms with Crippen LogP contribution in [0.25, 0.3) is 0 Å². The van der Waals surface area contributed by atoms with Gasteiger partial charge in [0, 0.05) is 24.8 Å². The van der Waals surface area contributed by atoms with E-state index >= 15 is 0 Å². The van der Waals surface area contributed by atoms with Crippen LogP contribution in [0.5, 0.6) is 5.75 Å². The maximum Gasteiger partial charge on any atom is 0.222 e. The molecule has 3 N–H and O–H groups in total. The first kappa shape index (κ1) is 20.0. The van der Waals surface area contributed by atoms with Crippen molar-refractivity contribution in [1.29, 1.82) is 0 Å². The first-order chi connectivity index (χ1) is 14.5. The monoisotopic (exact) mass is 408 g/mol. The van der Waals surface area contributed by atoms with Gasteiger partial charge in [0.1, 0.15) is 5.75 Å². The number of nitrogens with zero attached hydrogens (tertiary/aromatic N) is 4. The van der Waals surface area contributed by atoms with Crippen LogP contribution in [0.1, 0.15) is 11.1 Å². The van der Waals surface area contributed by atoms with Gasteiger partial charge in [0.15, 0.2) is 0 Å². The van der Waals surface area contributed by atoms with Crippen molar-refractivity contribution in [1.82, 2.24) is 4.90 Å². The van der Waals surface area contributed by atoms with Gasteiger partial charge in [-0.25, -0.2) is 4.99 Å². The second-order valence-corrected chi connectivity index (χ2v) is 7.46. The van der Waals surface area contributed by atoms with Crippen molar-refractivity contribution in [3.05, 3.63) is 53.6 Å². The van der Waals surface area contributed by atoms with E-state index in [1.165, 1.54) is 11.1 Å². The van der Waals surface area contributed by atoms with Gasteiger partial charge in [-0.1, -0.05) is 12.1 Å². The second kappa shape index (κ2) is 8.62. The molecule has 2 aliphatic heterocycles. The van der Waals surface area contributed by atoms with Gasteiger partial charge in [-0.2, -0.15) is 4.99 Å². The normalized spacial score (nSPS) is 19.2. The van der Waals surface area contributed by atoms with Crippen LogP contribution in [0, 0.1) is 13.8 Å². The van der Waals surface area contributed by atoms with Crippen LogP contribution in [0.15, 0.2) is 52.4 Å². The molecular weight excluding hydrogens is 380 g/mol. The Bertz CT molecular complexity index is 948. The first-order valence-corrected chi connectivity index (χ1v) is 10.1. The quantitative estimate of drug-likeness (QED) is 0.808. The topological polar surface area (TPSA) is 87.7 Å². The van der Waals surface area contributed by atoms with Crippen molar-refractivity contribution in [2.75, 3.05) is 43.6 Å². The molecule has 8 heteroatoms. The third-order valence-corrected chi connectivity index (χ3v) is 5.07. The zero-order valence-corrected chi connectivity index (χ0v) is 17.6. The van der Waals surface area contributed by atoms with Crippen molar-refractivity contribution in [3.8, 4) is 5.75 Å². The Morgan fingerprint density at radius 3 is 2.53 bits per heavy atom. The van der Waals surface area contributed by atoms with Gasteiger partial charge < -0.3 is 25.4 Å². The van der Waals surface area contributed by atoms with Crippen molar-refractivity contribution in [2.45, 2.75) is 20.1 Å². The molecule has 0 saturated carbocycles. The number of rotatable bonds is 4. The van der Waals surface area contributed by atoms with Crippen LogP contribution in [0.3, 0.4) is 0 Å². The highest BCUT2D eigenvalue weighted by Gasteiger charge is 2.32. The Hall–Kier alpha value is -3.26. The molecule has 2 aliphatic rings. The van der Waals surface area contributed by atoms with E-state index in [0.29, 0.717) is 13.2 Å². The molecule has 0 spiro atoms. The van der Waals surface area contributed by atoms with E-state index in [2.05, 4.69) is 57.1 Å². The molecule has 8 nitrogen and oxygen atoms in total. The number of morpholine rings is 1. The summed E-state index contributed by atoms with van der Waals surface area (Å²) in [6.07, 6.45) is -0.450. The summed E-state index contributed by atoms with van der Waals surface area (Å²) < 4.78 is 11.0. The Kier molecular flexibility index (Phi) is 5.76. The Labute approximate surface area is 177 Å². The molecule has 2 heterocycles. The maximum absolute atomic E-state index is 6.15. The van der Waals surface area contributed by atoms with Gasteiger partial charge in [-0.3, -0.25) is 4.90 Å². The summed E-state index contributed by atoms with van der Waals surface area (Å²) in [6, 6.07) is 14.2. The lowest BCUT2D eigenvalue weighted by Crippen LogP contribution is -2.57. The van der Waals surface area contributed by atoms with Gasteiger partial charge in [0.25, 0.3) is 0 Å². The molecule has 0 amide bonds. The Morgan fingerprint density at radius 1 is 1.10 bits per heavy atom. The van der Waals surface area contributed by atoms with Gasteiger partial charge in [0.2, 0.25) is 18.2 Å². The third kappa shape index (κ3) is 4.33. The Morgan fingerprint density at radius 2 is 1.83 bits per heavy atom. The number of aliphatic imine (C=N–C) groups is 2. The summed E-state index contributed by atoms with van der Waals surface area (Å²) in [4.78, 5) is 13.5. The number of hydrogen-bond acceptors (Lipinski definition) is 8. The minimum atomic E-state index is -0.450. The molecule has 0 bridgehead atoms. The van der Waals surface area contributed by atoms with Crippen LogP contribution >= 0.6 is 0 Å². The molecule has 158 valence electrons. The number of nitrogens with two attached hydrogens (primary N) is 1. The lowest BCUT2D eigenvalue weighted by Gasteiger charge is -2.41. The summed E-state index contributed by atoms with van der Waals surface area (Å²) in [5.41, 5.74) is 10.4. The van der Waals surface area contributed by atoms with Crippen LogP contribution in [-0.2, 0) is 4.74 Å². The molecule has 2 aromatic carbocycles. The minimum absolute atomic E-state index is 0.248. The summed E-state index contributed by atoms with van der Waals surface area (Å²) >= 11 is 0. The summed E-state index contributed by atoms with van der Waals surface area (Å²) in [6.45, 7) is 6.94. The largest absolute Gasteiger partial charge is 0.497 e. The lowest BCUT2D eigenvalue weighted by atomic mass is 10.1. The number of nitrogens with one attached hydrogen (secondary N) is 1. The van der Waals surface area contributed by atoms with Crippen molar-refractivity contribution in [2.24, 2.45) is 15.7 Å². The highest BCUT2D eigenvalue weighted by Crippen LogP contribution is 2.28. The fourth-order valence-corrected chi connectivity index (χ4v) is 3.78. The number of anilines is 2. The van der Waals surface area contributed by atoms with E-state index in [-0.39, 0.29) is 5.96 Å². The summed E-state index contributed by atoms with van der Waals surface area (Å²) in [5.74, 6) is 1.76. The molecule has 1 saturated heterocycles. The second-order valence-electron chi connectivity index (χ2n) is 7.46. The zero-order chi connectivity index (χ0) is 21.1.